The van der Waals surface area contributed by atoms with Gasteiger partial charge in [-0.25, -0.2) is 4.98 Å². The number of ether oxygens (including phenoxy) is 1. The number of benzene rings is 1. The first-order valence-electron chi connectivity index (χ1n) is 6.86. The fourth-order valence-corrected chi connectivity index (χ4v) is 1.94. The van der Waals surface area contributed by atoms with Gasteiger partial charge in [0.05, 0.1) is 12.6 Å². The van der Waals surface area contributed by atoms with Crippen molar-refractivity contribution in [2.45, 2.75) is 33.4 Å². The van der Waals surface area contributed by atoms with Crippen LogP contribution in [0.15, 0.2) is 24.3 Å². The van der Waals surface area contributed by atoms with E-state index in [0.29, 0.717) is 23.7 Å². The van der Waals surface area contributed by atoms with Crippen molar-refractivity contribution in [3.05, 3.63) is 41.5 Å². The van der Waals surface area contributed by atoms with Crippen LogP contribution >= 0.6 is 0 Å². The Kier molecular flexibility index (Phi) is 4.57. The molecule has 1 amide bonds. The molecule has 0 radical (unpaired) electrons. The van der Waals surface area contributed by atoms with E-state index < -0.39 is 0 Å². The van der Waals surface area contributed by atoms with Crippen LogP contribution in [-0.2, 0) is 6.54 Å². The Balaban J connectivity index is 2.08. The number of carbonyl (C=O) groups excluding carboxylic acids is 1. The highest BCUT2D eigenvalue weighted by Crippen LogP contribution is 2.16. The lowest BCUT2D eigenvalue weighted by Crippen LogP contribution is -2.26. The average Bonchev–Trinajstić information content (AvgIpc) is 2.82. The molecule has 0 aliphatic carbocycles. The maximum absolute atomic E-state index is 12.4. The largest absolute Gasteiger partial charge is 0.491 e. The third kappa shape index (κ3) is 4.05. The van der Waals surface area contributed by atoms with Crippen LogP contribution in [0, 0.1) is 6.92 Å². The second-order valence-corrected chi connectivity index (χ2v) is 5.19. The number of H-pyrrole nitrogens is 1. The lowest BCUT2D eigenvalue weighted by Gasteiger charge is -2.16. The van der Waals surface area contributed by atoms with E-state index in [1.165, 1.54) is 0 Å². The molecule has 6 heteroatoms. The fourth-order valence-electron chi connectivity index (χ4n) is 1.94. The topological polar surface area (TPSA) is 71.1 Å². The van der Waals surface area contributed by atoms with E-state index in [0.717, 1.165) is 5.82 Å². The third-order valence-corrected chi connectivity index (χ3v) is 2.82. The molecule has 0 aliphatic rings. The zero-order valence-electron chi connectivity index (χ0n) is 12.8. The van der Waals surface area contributed by atoms with Crippen LogP contribution in [0.2, 0.25) is 0 Å². The highest BCUT2D eigenvalue weighted by atomic mass is 16.5. The van der Waals surface area contributed by atoms with Gasteiger partial charge in [-0.3, -0.25) is 9.89 Å². The summed E-state index contributed by atoms with van der Waals surface area (Å²) in [6.45, 7) is 6.09. The predicted molar refractivity (Wildman–Crippen MR) is 79.1 cm³/mol. The van der Waals surface area contributed by atoms with E-state index in [1.807, 2.05) is 32.9 Å². The Bertz CT molecular complexity index is 622. The first-order chi connectivity index (χ1) is 9.95. The minimum Gasteiger partial charge on any atom is -0.491 e. The van der Waals surface area contributed by atoms with Crippen LogP contribution in [0.5, 0.6) is 5.75 Å². The minimum atomic E-state index is -0.0911. The van der Waals surface area contributed by atoms with E-state index in [4.69, 9.17) is 4.74 Å². The Labute approximate surface area is 124 Å². The van der Waals surface area contributed by atoms with Gasteiger partial charge < -0.3 is 9.64 Å². The summed E-state index contributed by atoms with van der Waals surface area (Å²) in [6.07, 6.45) is 0.0734. The molecular weight excluding hydrogens is 268 g/mol. The van der Waals surface area contributed by atoms with Gasteiger partial charge in [0, 0.05) is 12.6 Å². The second-order valence-electron chi connectivity index (χ2n) is 5.19. The second kappa shape index (κ2) is 6.39. The molecule has 0 saturated heterocycles. The average molecular weight is 288 g/mol. The van der Waals surface area contributed by atoms with Gasteiger partial charge in [0.15, 0.2) is 5.82 Å². The van der Waals surface area contributed by atoms with Gasteiger partial charge in [0.2, 0.25) is 0 Å². The highest BCUT2D eigenvalue weighted by Gasteiger charge is 2.14. The summed E-state index contributed by atoms with van der Waals surface area (Å²) in [5, 5.41) is 6.80. The number of nitrogens with one attached hydrogen (secondary N) is 1. The molecule has 0 saturated carbocycles. The molecule has 112 valence electrons. The molecule has 0 spiro atoms. The number of rotatable bonds is 5. The van der Waals surface area contributed by atoms with E-state index in [1.54, 1.807) is 24.1 Å². The number of nitrogens with zero attached hydrogens (tertiary/aromatic N) is 3. The van der Waals surface area contributed by atoms with Crippen LogP contribution in [0.3, 0.4) is 0 Å². The third-order valence-electron chi connectivity index (χ3n) is 2.82. The molecule has 0 bridgehead atoms. The zero-order valence-corrected chi connectivity index (χ0v) is 12.8. The number of hydrogen-bond acceptors (Lipinski definition) is 4. The molecule has 0 unspecified atom stereocenters. The fraction of sp³-hybridized carbons (Fsp3) is 0.400. The molecule has 21 heavy (non-hydrogen) atoms. The summed E-state index contributed by atoms with van der Waals surface area (Å²) in [5.41, 5.74) is 0.586. The Morgan fingerprint density at radius 3 is 2.81 bits per heavy atom. The van der Waals surface area contributed by atoms with Crippen molar-refractivity contribution < 1.29 is 9.53 Å². The SMILES string of the molecule is Cc1nc(CN(C)C(=O)c2cccc(OC(C)C)c2)n[nH]1. The van der Waals surface area contributed by atoms with Gasteiger partial charge in [0.1, 0.15) is 11.6 Å². The van der Waals surface area contributed by atoms with Gasteiger partial charge in [-0.1, -0.05) is 6.07 Å². The molecule has 1 N–H and O–H groups in total. The first kappa shape index (κ1) is 15.0. The molecule has 2 aromatic rings. The number of aromatic nitrogens is 3. The maximum atomic E-state index is 12.4. The molecule has 0 aliphatic heterocycles. The van der Waals surface area contributed by atoms with Gasteiger partial charge in [0.25, 0.3) is 5.91 Å². The van der Waals surface area contributed by atoms with E-state index >= 15 is 0 Å². The van der Waals surface area contributed by atoms with Crippen molar-refractivity contribution in [1.82, 2.24) is 20.1 Å². The molecule has 0 atom stereocenters. The van der Waals surface area contributed by atoms with Gasteiger partial charge in [-0.15, -0.1) is 0 Å². The van der Waals surface area contributed by atoms with Crippen molar-refractivity contribution >= 4 is 5.91 Å². The van der Waals surface area contributed by atoms with E-state index in [-0.39, 0.29) is 12.0 Å². The molecule has 2 rings (SSSR count). The van der Waals surface area contributed by atoms with E-state index in [2.05, 4.69) is 15.2 Å². The van der Waals surface area contributed by atoms with Crippen LogP contribution in [0.25, 0.3) is 0 Å². The standard InChI is InChI=1S/C15H20N4O2/c1-10(2)21-13-7-5-6-12(8-13)15(20)19(4)9-14-16-11(3)17-18-14/h5-8,10H,9H2,1-4H3,(H,16,17,18). The number of hydrogen-bond donors (Lipinski definition) is 1. The van der Waals surface area contributed by atoms with Crippen molar-refractivity contribution in [2.75, 3.05) is 7.05 Å². The normalized spacial score (nSPS) is 10.7. The van der Waals surface area contributed by atoms with Gasteiger partial charge in [-0.2, -0.15) is 5.10 Å². The van der Waals surface area contributed by atoms with Crippen LogP contribution in [-0.4, -0.2) is 39.1 Å². The number of carbonyl (C=O) groups is 1. The summed E-state index contributed by atoms with van der Waals surface area (Å²) in [7, 11) is 1.73. The van der Waals surface area contributed by atoms with Crippen molar-refractivity contribution in [3.63, 3.8) is 0 Å². The molecule has 6 nitrogen and oxygen atoms in total. The summed E-state index contributed by atoms with van der Waals surface area (Å²) >= 11 is 0. The predicted octanol–water partition coefficient (Wildman–Crippen LogP) is 2.17. The zero-order chi connectivity index (χ0) is 15.4. The van der Waals surface area contributed by atoms with Crippen molar-refractivity contribution in [3.8, 4) is 5.75 Å². The van der Waals surface area contributed by atoms with Crippen LogP contribution in [0.4, 0.5) is 0 Å². The van der Waals surface area contributed by atoms with Crippen molar-refractivity contribution in [2.24, 2.45) is 0 Å². The smallest absolute Gasteiger partial charge is 0.254 e. The lowest BCUT2D eigenvalue weighted by atomic mass is 10.2. The highest BCUT2D eigenvalue weighted by molar-refractivity contribution is 5.94. The quantitative estimate of drug-likeness (QED) is 0.915. The summed E-state index contributed by atoms with van der Waals surface area (Å²) in [6, 6.07) is 7.18. The first-order valence-corrected chi connectivity index (χ1v) is 6.86. The van der Waals surface area contributed by atoms with Crippen LogP contribution < -0.4 is 4.74 Å². The molecule has 1 aromatic heterocycles. The lowest BCUT2D eigenvalue weighted by molar-refractivity contribution is 0.0781. The van der Waals surface area contributed by atoms with Crippen LogP contribution in [0.1, 0.15) is 35.9 Å². The Hall–Kier alpha value is -2.37. The minimum absolute atomic E-state index is 0.0734. The summed E-state index contributed by atoms with van der Waals surface area (Å²) in [5.74, 6) is 1.93. The van der Waals surface area contributed by atoms with Gasteiger partial charge >= 0.3 is 0 Å². The molecular formula is C15H20N4O2. The summed E-state index contributed by atoms with van der Waals surface area (Å²) in [4.78, 5) is 18.2. The molecule has 1 heterocycles. The summed E-state index contributed by atoms with van der Waals surface area (Å²) < 4.78 is 5.61. The molecule has 0 fully saturated rings. The Morgan fingerprint density at radius 2 is 2.19 bits per heavy atom. The van der Waals surface area contributed by atoms with Gasteiger partial charge in [-0.05, 0) is 39.0 Å². The number of aryl methyl sites for hydroxylation is 1. The maximum Gasteiger partial charge on any atom is 0.254 e. The van der Waals surface area contributed by atoms with Crippen molar-refractivity contribution in [1.29, 1.82) is 0 Å². The molecule has 1 aromatic carbocycles. The van der Waals surface area contributed by atoms with E-state index in [9.17, 15) is 4.79 Å². The number of amides is 1. The number of aromatic amines is 1. The monoisotopic (exact) mass is 288 g/mol. The Morgan fingerprint density at radius 1 is 1.43 bits per heavy atom.